The van der Waals surface area contributed by atoms with Gasteiger partial charge in [-0.05, 0) is 30.3 Å². The molecule has 5 nitrogen and oxygen atoms in total. The zero-order valence-corrected chi connectivity index (χ0v) is 11.9. The van der Waals surface area contributed by atoms with Gasteiger partial charge in [-0.25, -0.2) is 8.42 Å². The molecule has 0 saturated heterocycles. The van der Waals surface area contributed by atoms with Crippen LogP contribution < -0.4 is 4.72 Å². The van der Waals surface area contributed by atoms with Gasteiger partial charge in [0, 0.05) is 16.9 Å². The molecule has 0 radical (unpaired) electrons. The van der Waals surface area contributed by atoms with E-state index in [0.29, 0.717) is 4.47 Å². The molecule has 7 heteroatoms. The van der Waals surface area contributed by atoms with E-state index in [1.165, 1.54) is 30.6 Å². The van der Waals surface area contributed by atoms with E-state index in [4.69, 9.17) is 5.26 Å². The summed E-state index contributed by atoms with van der Waals surface area (Å²) in [5.74, 6) is 0. The van der Waals surface area contributed by atoms with E-state index in [2.05, 4.69) is 25.6 Å². The van der Waals surface area contributed by atoms with Gasteiger partial charge < -0.3 is 0 Å². The Hall–Kier alpha value is -1.91. The standard InChI is InChI=1S/C12H8BrN3O2S/c13-10-3-4-12(9(6-10)7-14)16-19(17,18)11-2-1-5-15-8-11/h1-6,8,16H. The number of pyridine rings is 1. The zero-order chi connectivity index (χ0) is 13.9. The van der Waals surface area contributed by atoms with Gasteiger partial charge in [-0.15, -0.1) is 0 Å². The average Bonchev–Trinajstić information content (AvgIpc) is 2.41. The summed E-state index contributed by atoms with van der Waals surface area (Å²) in [5, 5.41) is 8.99. The first kappa shape index (κ1) is 13.5. The van der Waals surface area contributed by atoms with Crippen molar-refractivity contribution in [3.8, 4) is 6.07 Å². The molecular weight excluding hydrogens is 330 g/mol. The lowest BCUT2D eigenvalue weighted by Gasteiger charge is -2.09. The van der Waals surface area contributed by atoms with Crippen molar-refractivity contribution in [2.24, 2.45) is 0 Å². The minimum absolute atomic E-state index is 0.0433. The van der Waals surface area contributed by atoms with Gasteiger partial charge in [0.1, 0.15) is 11.0 Å². The van der Waals surface area contributed by atoms with Crippen LogP contribution in [-0.4, -0.2) is 13.4 Å². The third-order valence-electron chi connectivity index (χ3n) is 2.29. The molecule has 1 heterocycles. The molecule has 1 aromatic heterocycles. The molecule has 0 unspecified atom stereocenters. The second-order valence-electron chi connectivity index (χ2n) is 3.60. The van der Waals surface area contributed by atoms with Crippen molar-refractivity contribution in [1.82, 2.24) is 4.98 Å². The van der Waals surface area contributed by atoms with Gasteiger partial charge in [-0.2, -0.15) is 5.26 Å². The first-order valence-corrected chi connectivity index (χ1v) is 7.43. The van der Waals surface area contributed by atoms with E-state index in [1.54, 1.807) is 12.1 Å². The van der Waals surface area contributed by atoms with Gasteiger partial charge in [0.2, 0.25) is 0 Å². The third-order valence-corrected chi connectivity index (χ3v) is 4.14. The molecule has 0 atom stereocenters. The Morgan fingerprint density at radius 1 is 1.32 bits per heavy atom. The fourth-order valence-electron chi connectivity index (χ4n) is 1.41. The minimum atomic E-state index is -3.74. The van der Waals surface area contributed by atoms with Crippen LogP contribution in [0.5, 0.6) is 0 Å². The Balaban J connectivity index is 2.40. The molecule has 0 aliphatic heterocycles. The molecule has 19 heavy (non-hydrogen) atoms. The molecule has 1 N–H and O–H groups in total. The van der Waals surface area contributed by atoms with Crippen LogP contribution in [-0.2, 0) is 10.0 Å². The van der Waals surface area contributed by atoms with E-state index < -0.39 is 10.0 Å². The van der Waals surface area contributed by atoms with Crippen LogP contribution in [0.1, 0.15) is 5.56 Å². The number of anilines is 1. The van der Waals surface area contributed by atoms with Gasteiger partial charge in [-0.3, -0.25) is 9.71 Å². The summed E-state index contributed by atoms with van der Waals surface area (Å²) in [6.45, 7) is 0. The summed E-state index contributed by atoms with van der Waals surface area (Å²) in [4.78, 5) is 3.80. The Morgan fingerprint density at radius 2 is 2.11 bits per heavy atom. The molecule has 0 saturated carbocycles. The predicted molar refractivity (Wildman–Crippen MR) is 73.9 cm³/mol. The van der Waals surface area contributed by atoms with E-state index in [-0.39, 0.29) is 16.1 Å². The number of sulfonamides is 1. The molecular formula is C12H8BrN3O2S. The second kappa shape index (κ2) is 5.38. The monoisotopic (exact) mass is 337 g/mol. The number of hydrogen-bond donors (Lipinski definition) is 1. The van der Waals surface area contributed by atoms with E-state index in [0.717, 1.165) is 0 Å². The maximum Gasteiger partial charge on any atom is 0.263 e. The van der Waals surface area contributed by atoms with E-state index >= 15 is 0 Å². The highest BCUT2D eigenvalue weighted by molar-refractivity contribution is 9.10. The summed E-state index contributed by atoms with van der Waals surface area (Å²) in [7, 11) is -3.74. The fraction of sp³-hybridized carbons (Fsp3) is 0. The lowest BCUT2D eigenvalue weighted by molar-refractivity contribution is 0.601. The molecule has 0 amide bonds. The van der Waals surface area contributed by atoms with Crippen LogP contribution in [0.15, 0.2) is 52.1 Å². The molecule has 0 bridgehead atoms. The van der Waals surface area contributed by atoms with Crippen molar-refractivity contribution < 1.29 is 8.42 Å². The Morgan fingerprint density at radius 3 is 2.74 bits per heavy atom. The Bertz CT molecular complexity index is 739. The fourth-order valence-corrected chi connectivity index (χ4v) is 2.81. The van der Waals surface area contributed by atoms with Crippen LogP contribution in [0.3, 0.4) is 0 Å². The van der Waals surface area contributed by atoms with Gasteiger partial charge in [-0.1, -0.05) is 15.9 Å². The van der Waals surface area contributed by atoms with Crippen LogP contribution in [0.4, 0.5) is 5.69 Å². The van der Waals surface area contributed by atoms with Crippen molar-refractivity contribution >= 4 is 31.6 Å². The normalized spacial score (nSPS) is 10.7. The van der Waals surface area contributed by atoms with Crippen molar-refractivity contribution in [2.45, 2.75) is 4.90 Å². The van der Waals surface area contributed by atoms with Gasteiger partial charge in [0.25, 0.3) is 10.0 Å². The summed E-state index contributed by atoms with van der Waals surface area (Å²) in [6.07, 6.45) is 2.73. The molecule has 0 fully saturated rings. The summed E-state index contributed by atoms with van der Waals surface area (Å²) >= 11 is 3.22. The molecule has 2 rings (SSSR count). The van der Waals surface area contributed by atoms with Crippen LogP contribution >= 0.6 is 15.9 Å². The Labute approximate surface area is 119 Å². The van der Waals surface area contributed by atoms with Gasteiger partial charge >= 0.3 is 0 Å². The third kappa shape index (κ3) is 3.10. The number of aromatic nitrogens is 1. The zero-order valence-electron chi connectivity index (χ0n) is 9.54. The smallest absolute Gasteiger partial charge is 0.263 e. The van der Waals surface area contributed by atoms with Crippen molar-refractivity contribution in [3.63, 3.8) is 0 Å². The summed E-state index contributed by atoms with van der Waals surface area (Å²) < 4.78 is 27.2. The molecule has 0 spiro atoms. The number of rotatable bonds is 3. The number of nitrogens with one attached hydrogen (secondary N) is 1. The van der Waals surface area contributed by atoms with Crippen LogP contribution in [0.25, 0.3) is 0 Å². The molecule has 2 aromatic rings. The Kier molecular flexibility index (Phi) is 3.83. The number of nitriles is 1. The predicted octanol–water partition coefficient (Wildman–Crippen LogP) is 2.52. The number of halogens is 1. The highest BCUT2D eigenvalue weighted by Gasteiger charge is 2.16. The van der Waals surface area contributed by atoms with Crippen molar-refractivity contribution in [1.29, 1.82) is 5.26 Å². The second-order valence-corrected chi connectivity index (χ2v) is 6.19. The average molecular weight is 338 g/mol. The quantitative estimate of drug-likeness (QED) is 0.932. The largest absolute Gasteiger partial charge is 0.278 e. The number of hydrogen-bond acceptors (Lipinski definition) is 4. The van der Waals surface area contributed by atoms with Crippen LogP contribution in [0, 0.1) is 11.3 Å². The first-order chi connectivity index (χ1) is 9.03. The SMILES string of the molecule is N#Cc1cc(Br)ccc1NS(=O)(=O)c1cccnc1. The van der Waals surface area contributed by atoms with Crippen molar-refractivity contribution in [3.05, 3.63) is 52.8 Å². The maximum absolute atomic E-state index is 12.1. The molecule has 0 aliphatic carbocycles. The highest BCUT2D eigenvalue weighted by atomic mass is 79.9. The molecule has 96 valence electrons. The molecule has 0 aliphatic rings. The highest BCUT2D eigenvalue weighted by Crippen LogP contribution is 2.22. The molecule has 1 aromatic carbocycles. The van der Waals surface area contributed by atoms with Gasteiger partial charge in [0.05, 0.1) is 11.3 Å². The van der Waals surface area contributed by atoms with Crippen LogP contribution in [0.2, 0.25) is 0 Å². The number of nitrogens with zero attached hydrogens (tertiary/aromatic N) is 2. The van der Waals surface area contributed by atoms with E-state index in [1.807, 2.05) is 6.07 Å². The first-order valence-electron chi connectivity index (χ1n) is 5.15. The summed E-state index contributed by atoms with van der Waals surface area (Å²) in [6, 6.07) is 9.62. The minimum Gasteiger partial charge on any atom is -0.278 e. The summed E-state index contributed by atoms with van der Waals surface area (Å²) in [5.41, 5.74) is 0.469. The van der Waals surface area contributed by atoms with E-state index in [9.17, 15) is 8.42 Å². The maximum atomic E-state index is 12.1. The lowest BCUT2D eigenvalue weighted by atomic mass is 10.2. The lowest BCUT2D eigenvalue weighted by Crippen LogP contribution is -2.14. The topological polar surface area (TPSA) is 82.9 Å². The van der Waals surface area contributed by atoms with Gasteiger partial charge in [0.15, 0.2) is 0 Å². The number of benzene rings is 1. The van der Waals surface area contributed by atoms with Crippen molar-refractivity contribution in [2.75, 3.05) is 4.72 Å².